The number of ether oxygens (including phenoxy) is 1. The molecule has 0 aliphatic heterocycles. The number of nitrogens with two attached hydrogens (primary N) is 1. The summed E-state index contributed by atoms with van der Waals surface area (Å²) >= 11 is 0. The molecule has 0 aliphatic carbocycles. The Kier molecular flexibility index (Phi) is 5.63. The highest BCUT2D eigenvalue weighted by Crippen LogP contribution is 2.12. The Morgan fingerprint density at radius 2 is 2.14 bits per heavy atom. The Hall–Kier alpha value is -2.66. The topological polar surface area (TPSA) is 88.1 Å². The maximum atomic E-state index is 11.4. The normalized spacial score (nSPS) is 10.0. The molecular weight excluding hydrogens is 266 g/mol. The largest absolute Gasteiger partial charge is 0.444 e. The number of carbonyl (C=O) groups is 1. The smallest absolute Gasteiger partial charge is 0.407 e. The van der Waals surface area contributed by atoms with Crippen LogP contribution in [0.4, 0.5) is 10.5 Å². The van der Waals surface area contributed by atoms with Gasteiger partial charge < -0.3 is 15.8 Å². The average molecular weight is 285 g/mol. The van der Waals surface area contributed by atoms with Crippen molar-refractivity contribution < 1.29 is 9.53 Å². The van der Waals surface area contributed by atoms with E-state index in [1.54, 1.807) is 39.0 Å². The number of nitrogen functional groups attached to an aromatic ring is 1. The lowest BCUT2D eigenvalue weighted by atomic mass is 10.1. The summed E-state index contributed by atoms with van der Waals surface area (Å²) in [5, 5.41) is 11.4. The van der Waals surface area contributed by atoms with Crippen LogP contribution >= 0.6 is 0 Å². The molecule has 5 heteroatoms. The molecule has 3 N–H and O–H groups in total. The molecule has 1 rings (SSSR count). The summed E-state index contributed by atoms with van der Waals surface area (Å²) in [5.41, 5.74) is 6.92. The Bertz CT molecular complexity index is 613. The molecule has 0 bridgehead atoms. The molecule has 0 aliphatic rings. The molecule has 0 radical (unpaired) electrons. The molecule has 0 fully saturated rings. The third kappa shape index (κ3) is 6.35. The molecule has 0 saturated carbocycles. The van der Waals surface area contributed by atoms with Gasteiger partial charge in [-0.3, -0.25) is 0 Å². The van der Waals surface area contributed by atoms with Crippen molar-refractivity contribution in [3.63, 3.8) is 0 Å². The van der Waals surface area contributed by atoms with Crippen LogP contribution in [0.1, 0.15) is 38.3 Å². The van der Waals surface area contributed by atoms with Crippen LogP contribution in [0.3, 0.4) is 0 Å². The van der Waals surface area contributed by atoms with Crippen molar-refractivity contribution in [1.82, 2.24) is 5.32 Å². The molecule has 110 valence electrons. The minimum atomic E-state index is -0.512. The van der Waals surface area contributed by atoms with Crippen LogP contribution in [0.25, 0.3) is 0 Å². The van der Waals surface area contributed by atoms with Gasteiger partial charge in [0.25, 0.3) is 0 Å². The Morgan fingerprint density at radius 1 is 1.43 bits per heavy atom. The number of benzene rings is 1. The number of nitrogens with one attached hydrogen (secondary N) is 1. The monoisotopic (exact) mass is 285 g/mol. The number of rotatable bonds is 2. The van der Waals surface area contributed by atoms with Gasteiger partial charge in [0.15, 0.2) is 0 Å². The lowest BCUT2D eigenvalue weighted by molar-refractivity contribution is 0.0529. The Labute approximate surface area is 125 Å². The van der Waals surface area contributed by atoms with Gasteiger partial charge in [-0.2, -0.15) is 5.26 Å². The van der Waals surface area contributed by atoms with Gasteiger partial charge in [-0.05, 0) is 39.0 Å². The van der Waals surface area contributed by atoms with Crippen molar-refractivity contribution in [2.24, 2.45) is 0 Å². The molecule has 21 heavy (non-hydrogen) atoms. The molecule has 1 amide bonds. The van der Waals surface area contributed by atoms with Crippen molar-refractivity contribution in [3.8, 4) is 17.9 Å². The zero-order valence-corrected chi connectivity index (χ0v) is 12.5. The summed E-state index contributed by atoms with van der Waals surface area (Å²) in [6.45, 7) is 5.80. The zero-order valence-electron chi connectivity index (χ0n) is 12.5. The lowest BCUT2D eigenvalue weighted by Crippen LogP contribution is -2.32. The van der Waals surface area contributed by atoms with Crippen LogP contribution in [0.15, 0.2) is 18.2 Å². The molecule has 1 aromatic carbocycles. The van der Waals surface area contributed by atoms with E-state index in [-0.39, 0.29) is 0 Å². The number of anilines is 1. The van der Waals surface area contributed by atoms with Gasteiger partial charge in [-0.15, -0.1) is 0 Å². The van der Waals surface area contributed by atoms with Crippen LogP contribution in [-0.2, 0) is 4.74 Å². The minimum absolute atomic E-state index is 0.389. The second-order valence-electron chi connectivity index (χ2n) is 5.39. The highest BCUT2D eigenvalue weighted by atomic mass is 16.6. The van der Waals surface area contributed by atoms with Crippen LogP contribution in [0.2, 0.25) is 0 Å². The predicted octanol–water partition coefficient (Wildman–Crippen LogP) is 2.41. The third-order valence-corrected chi connectivity index (χ3v) is 2.32. The number of alkyl carbamates (subject to hydrolysis) is 1. The summed E-state index contributed by atoms with van der Waals surface area (Å²) in [6, 6.07) is 6.98. The van der Waals surface area contributed by atoms with Gasteiger partial charge in [0.05, 0.1) is 11.6 Å². The van der Waals surface area contributed by atoms with E-state index in [0.29, 0.717) is 29.8 Å². The van der Waals surface area contributed by atoms with Gasteiger partial charge in [0, 0.05) is 24.2 Å². The van der Waals surface area contributed by atoms with Crippen molar-refractivity contribution in [2.45, 2.75) is 32.8 Å². The van der Waals surface area contributed by atoms with Crippen LogP contribution in [0.5, 0.6) is 0 Å². The highest BCUT2D eigenvalue weighted by molar-refractivity contribution is 5.67. The quantitative estimate of drug-likeness (QED) is 0.496. The van der Waals surface area contributed by atoms with Gasteiger partial charge in [-0.1, -0.05) is 11.8 Å². The first-order chi connectivity index (χ1) is 9.81. The summed E-state index contributed by atoms with van der Waals surface area (Å²) in [6.07, 6.45) is 0.00503. The van der Waals surface area contributed by atoms with E-state index in [2.05, 4.69) is 17.2 Å². The van der Waals surface area contributed by atoms with Crippen molar-refractivity contribution in [2.75, 3.05) is 12.3 Å². The number of hydrogen-bond acceptors (Lipinski definition) is 4. The van der Waals surface area contributed by atoms with Crippen LogP contribution in [0, 0.1) is 23.2 Å². The molecule has 0 heterocycles. The summed E-state index contributed by atoms with van der Waals surface area (Å²) in [5.74, 6) is 5.79. The third-order valence-electron chi connectivity index (χ3n) is 2.32. The second-order valence-corrected chi connectivity index (χ2v) is 5.39. The van der Waals surface area contributed by atoms with Crippen molar-refractivity contribution in [3.05, 3.63) is 29.3 Å². The number of hydrogen-bond donors (Lipinski definition) is 2. The van der Waals surface area contributed by atoms with E-state index in [1.807, 2.05) is 6.07 Å². The number of nitrogens with zero attached hydrogens (tertiary/aromatic N) is 1. The molecular formula is C16H19N3O2. The standard InChI is InChI=1S/C16H19N3O2/c1-16(2,3)21-15(20)19-9-5-4-6-13-10-12(11-17)7-8-14(13)18/h7-8,10H,5,9,18H2,1-3H3,(H,19,20). The van der Waals surface area contributed by atoms with E-state index >= 15 is 0 Å². The van der Waals surface area contributed by atoms with E-state index in [1.165, 1.54) is 0 Å². The molecule has 0 atom stereocenters. The number of nitriles is 1. The van der Waals surface area contributed by atoms with E-state index in [0.717, 1.165) is 0 Å². The fourth-order valence-electron chi connectivity index (χ4n) is 1.43. The Morgan fingerprint density at radius 3 is 2.76 bits per heavy atom. The van der Waals surface area contributed by atoms with E-state index in [9.17, 15) is 4.79 Å². The Balaban J connectivity index is 2.48. The van der Waals surface area contributed by atoms with Crippen LogP contribution in [-0.4, -0.2) is 18.2 Å². The minimum Gasteiger partial charge on any atom is -0.444 e. The first-order valence-corrected chi connectivity index (χ1v) is 6.57. The molecule has 5 nitrogen and oxygen atoms in total. The van der Waals surface area contributed by atoms with Gasteiger partial charge in [0.2, 0.25) is 0 Å². The fraction of sp³-hybridized carbons (Fsp3) is 0.375. The van der Waals surface area contributed by atoms with E-state index < -0.39 is 11.7 Å². The summed E-state index contributed by atoms with van der Waals surface area (Å²) in [4.78, 5) is 11.4. The molecule has 0 aromatic heterocycles. The SMILES string of the molecule is CC(C)(C)OC(=O)NCCC#Cc1cc(C#N)ccc1N. The summed E-state index contributed by atoms with van der Waals surface area (Å²) < 4.78 is 5.10. The number of amides is 1. The average Bonchev–Trinajstić information content (AvgIpc) is 2.38. The molecule has 0 saturated heterocycles. The van der Waals surface area contributed by atoms with Gasteiger partial charge in [0.1, 0.15) is 5.60 Å². The fourth-order valence-corrected chi connectivity index (χ4v) is 1.43. The molecule has 0 unspecified atom stereocenters. The van der Waals surface area contributed by atoms with Gasteiger partial charge >= 0.3 is 6.09 Å². The first-order valence-electron chi connectivity index (χ1n) is 6.57. The van der Waals surface area contributed by atoms with E-state index in [4.69, 9.17) is 15.7 Å². The predicted molar refractivity (Wildman–Crippen MR) is 81.3 cm³/mol. The second kappa shape index (κ2) is 7.21. The molecule has 1 aromatic rings. The highest BCUT2D eigenvalue weighted by Gasteiger charge is 2.15. The van der Waals surface area contributed by atoms with Crippen molar-refractivity contribution in [1.29, 1.82) is 5.26 Å². The maximum absolute atomic E-state index is 11.4. The van der Waals surface area contributed by atoms with Crippen molar-refractivity contribution >= 4 is 11.8 Å². The molecule has 0 spiro atoms. The van der Waals surface area contributed by atoms with Gasteiger partial charge in [-0.25, -0.2) is 4.79 Å². The lowest BCUT2D eigenvalue weighted by Gasteiger charge is -2.19. The summed E-state index contributed by atoms with van der Waals surface area (Å²) in [7, 11) is 0. The number of carbonyl (C=O) groups excluding carboxylic acids is 1. The zero-order chi connectivity index (χ0) is 15.9. The van der Waals surface area contributed by atoms with Crippen LogP contribution < -0.4 is 11.1 Å². The maximum Gasteiger partial charge on any atom is 0.407 e. The first kappa shape index (κ1) is 16.4.